The van der Waals surface area contributed by atoms with Crippen molar-refractivity contribution >= 4 is 67.1 Å². The zero-order chi connectivity index (χ0) is 20.9. The summed E-state index contributed by atoms with van der Waals surface area (Å²) in [7, 11) is -3.86. The molecule has 0 fully saturated rings. The molecule has 4 rings (SSSR count). The summed E-state index contributed by atoms with van der Waals surface area (Å²) < 4.78 is 51.7. The number of primary sulfonamides is 1. The van der Waals surface area contributed by atoms with Crippen LogP contribution in [0.3, 0.4) is 0 Å². The number of H-pyrrole nitrogens is 1. The molecule has 0 spiro atoms. The third-order valence-electron chi connectivity index (χ3n) is 4.48. The molecule has 2 aromatic heterocycles. The number of benzene rings is 2. The summed E-state index contributed by atoms with van der Waals surface area (Å²) in [5.74, 6) is -1.50. The van der Waals surface area contributed by atoms with E-state index in [9.17, 15) is 22.0 Å². The zero-order valence-electron chi connectivity index (χ0n) is 16.0. The number of halogens is 2. The predicted molar refractivity (Wildman–Crippen MR) is 108 cm³/mol. The molecule has 1 radical (unpaired) electrons. The molecule has 0 bridgehead atoms. The second-order valence-electron chi connectivity index (χ2n) is 6.44. The summed E-state index contributed by atoms with van der Waals surface area (Å²) in [5, 5.41) is 7.92. The van der Waals surface area contributed by atoms with Gasteiger partial charge in [0.2, 0.25) is 10.0 Å². The first-order chi connectivity index (χ1) is 13.6. The standard InChI is InChI=1S/C19H14F2N4O3S.K/c1-10-18(14-7-4-12(20)8-15(14)21)19-23-16(9-17(26)25(19)24-10)11-2-5-13(6-3-11)29(22,27)28;/h2-9,24H,1H3,(H2,22,27,28);. The van der Waals surface area contributed by atoms with Crippen molar-refractivity contribution in [2.45, 2.75) is 11.8 Å². The van der Waals surface area contributed by atoms with E-state index >= 15 is 0 Å². The Kier molecular flexibility index (Phi) is 6.44. The van der Waals surface area contributed by atoms with Gasteiger partial charge in [0.15, 0.2) is 5.65 Å². The Morgan fingerprint density at radius 1 is 1.07 bits per heavy atom. The smallest absolute Gasteiger partial charge is 0.273 e. The fourth-order valence-electron chi connectivity index (χ4n) is 3.13. The van der Waals surface area contributed by atoms with E-state index in [4.69, 9.17) is 5.14 Å². The van der Waals surface area contributed by atoms with Crippen LogP contribution in [0.1, 0.15) is 5.69 Å². The number of nitrogens with one attached hydrogen (secondary N) is 1. The van der Waals surface area contributed by atoms with Gasteiger partial charge in [0.05, 0.1) is 10.6 Å². The van der Waals surface area contributed by atoms with Gasteiger partial charge in [0, 0.05) is 85.9 Å². The summed E-state index contributed by atoms with van der Waals surface area (Å²) in [6.45, 7) is 1.65. The molecule has 4 aromatic rings. The maximum Gasteiger partial charge on any atom is 0.273 e. The van der Waals surface area contributed by atoms with Crippen molar-refractivity contribution in [3.8, 4) is 22.4 Å². The molecular formula is C19H14F2KN4O3S. The maximum atomic E-state index is 14.4. The second kappa shape index (κ2) is 8.42. The van der Waals surface area contributed by atoms with Crippen LogP contribution in [0, 0.1) is 18.6 Å². The van der Waals surface area contributed by atoms with Gasteiger partial charge in [0.25, 0.3) is 5.56 Å². The Morgan fingerprint density at radius 2 is 1.73 bits per heavy atom. The van der Waals surface area contributed by atoms with Gasteiger partial charge < -0.3 is 0 Å². The van der Waals surface area contributed by atoms with Crippen LogP contribution in [-0.2, 0) is 10.0 Å². The first-order valence-electron chi connectivity index (χ1n) is 8.36. The number of sulfonamides is 1. The normalized spacial score (nSPS) is 11.5. The van der Waals surface area contributed by atoms with E-state index in [1.807, 2.05) is 0 Å². The first kappa shape index (κ1) is 22.9. The number of hydrogen-bond donors (Lipinski definition) is 2. The Hall–Kier alpha value is -1.73. The molecule has 11 heteroatoms. The van der Waals surface area contributed by atoms with Crippen molar-refractivity contribution in [2.75, 3.05) is 0 Å². The van der Waals surface area contributed by atoms with E-state index in [2.05, 4.69) is 10.1 Å². The Morgan fingerprint density at radius 3 is 2.33 bits per heavy atom. The largest absolute Gasteiger partial charge is 0.293 e. The van der Waals surface area contributed by atoms with Gasteiger partial charge in [-0.05, 0) is 31.2 Å². The van der Waals surface area contributed by atoms with Gasteiger partial charge in [-0.25, -0.2) is 31.8 Å². The van der Waals surface area contributed by atoms with Crippen molar-refractivity contribution in [3.05, 3.63) is 76.2 Å². The number of nitrogens with two attached hydrogens (primary N) is 1. The zero-order valence-corrected chi connectivity index (χ0v) is 19.9. The molecular weight excluding hydrogens is 441 g/mol. The van der Waals surface area contributed by atoms with Gasteiger partial charge in [-0.1, -0.05) is 12.1 Å². The fourth-order valence-corrected chi connectivity index (χ4v) is 3.64. The van der Waals surface area contributed by atoms with Gasteiger partial charge in [0.1, 0.15) is 11.6 Å². The molecule has 0 aliphatic carbocycles. The van der Waals surface area contributed by atoms with E-state index in [1.165, 1.54) is 36.4 Å². The molecule has 30 heavy (non-hydrogen) atoms. The van der Waals surface area contributed by atoms with Gasteiger partial charge in [-0.15, -0.1) is 0 Å². The van der Waals surface area contributed by atoms with Crippen molar-refractivity contribution in [1.82, 2.24) is 14.6 Å². The number of aromatic nitrogens is 3. The molecule has 149 valence electrons. The number of nitrogens with zero attached hydrogens (tertiary/aromatic N) is 2. The number of aryl methyl sites for hydroxylation is 1. The van der Waals surface area contributed by atoms with Gasteiger partial charge in [-0.2, -0.15) is 0 Å². The Balaban J connectivity index is 0.00000256. The van der Waals surface area contributed by atoms with Crippen LogP contribution in [0.2, 0.25) is 0 Å². The maximum absolute atomic E-state index is 14.4. The SMILES string of the molecule is Cc1[nH]n2c(=O)cc(-c3ccc(S(N)(=O)=O)cc3)nc2c1-c1ccc(F)cc1F.[K]. The number of rotatable bonds is 3. The van der Waals surface area contributed by atoms with Gasteiger partial charge >= 0.3 is 0 Å². The molecule has 7 nitrogen and oxygen atoms in total. The predicted octanol–water partition coefficient (Wildman–Crippen LogP) is 2.21. The van der Waals surface area contributed by atoms with Crippen LogP contribution >= 0.6 is 0 Å². The first-order valence-corrected chi connectivity index (χ1v) is 9.91. The van der Waals surface area contributed by atoms with Crippen LogP contribution in [0.25, 0.3) is 28.0 Å². The van der Waals surface area contributed by atoms with E-state index in [0.29, 0.717) is 16.8 Å². The van der Waals surface area contributed by atoms with Crippen LogP contribution < -0.4 is 10.7 Å². The number of hydrogen-bond acceptors (Lipinski definition) is 4. The number of fused-ring (bicyclic) bond motifs is 1. The summed E-state index contributed by atoms with van der Waals surface area (Å²) in [6, 6.07) is 9.96. The van der Waals surface area contributed by atoms with Gasteiger partial charge in [-0.3, -0.25) is 9.89 Å². The third-order valence-corrected chi connectivity index (χ3v) is 5.41. The van der Waals surface area contributed by atoms with Crippen LogP contribution in [-0.4, -0.2) is 74.4 Å². The monoisotopic (exact) mass is 455 g/mol. The summed E-state index contributed by atoms with van der Waals surface area (Å²) in [6.07, 6.45) is 0. The minimum atomic E-state index is -3.86. The third kappa shape index (κ3) is 4.19. The number of aromatic amines is 1. The molecule has 3 N–H and O–H groups in total. The molecule has 0 saturated heterocycles. The quantitative estimate of drug-likeness (QED) is 0.462. The minimum absolute atomic E-state index is 0. The summed E-state index contributed by atoms with van der Waals surface area (Å²) in [4.78, 5) is 16.9. The van der Waals surface area contributed by atoms with E-state index < -0.39 is 27.2 Å². The molecule has 0 aliphatic heterocycles. The molecule has 0 aliphatic rings. The fraction of sp³-hybridized carbons (Fsp3) is 0.0526. The van der Waals surface area contributed by atoms with Crippen LogP contribution in [0.4, 0.5) is 8.78 Å². The molecule has 2 heterocycles. The topological polar surface area (TPSA) is 110 Å². The van der Waals surface area contributed by atoms with Crippen molar-refractivity contribution in [3.63, 3.8) is 0 Å². The molecule has 0 atom stereocenters. The van der Waals surface area contributed by atoms with Crippen molar-refractivity contribution < 1.29 is 17.2 Å². The van der Waals surface area contributed by atoms with E-state index in [1.54, 1.807) is 6.92 Å². The Bertz CT molecular complexity index is 1430. The van der Waals surface area contributed by atoms with Crippen LogP contribution in [0.15, 0.2) is 58.2 Å². The molecule has 0 unspecified atom stereocenters. The van der Waals surface area contributed by atoms with E-state index in [0.717, 1.165) is 16.6 Å². The Labute approximate surface area is 212 Å². The minimum Gasteiger partial charge on any atom is -0.293 e. The molecule has 0 saturated carbocycles. The summed E-state index contributed by atoms with van der Waals surface area (Å²) in [5.41, 5.74) is 1.34. The van der Waals surface area contributed by atoms with Crippen molar-refractivity contribution in [2.24, 2.45) is 5.14 Å². The summed E-state index contributed by atoms with van der Waals surface area (Å²) >= 11 is 0. The van der Waals surface area contributed by atoms with Crippen molar-refractivity contribution in [1.29, 1.82) is 0 Å². The molecule has 0 amide bonds. The second-order valence-corrected chi connectivity index (χ2v) is 8.01. The average Bonchev–Trinajstić information content (AvgIpc) is 2.98. The van der Waals surface area contributed by atoms with E-state index in [-0.39, 0.29) is 73.2 Å². The van der Waals surface area contributed by atoms with Crippen LogP contribution in [0.5, 0.6) is 0 Å². The molecule has 2 aromatic carbocycles. The average molecular weight is 456 g/mol.